The van der Waals surface area contributed by atoms with E-state index in [9.17, 15) is 0 Å². The molecule has 0 amide bonds. The Bertz CT molecular complexity index is 1040. The van der Waals surface area contributed by atoms with Crippen molar-refractivity contribution in [1.82, 2.24) is 4.40 Å². The fourth-order valence-electron chi connectivity index (χ4n) is 3.20. The average molecular weight is 379 g/mol. The maximum Gasteiger partial charge on any atom is 0.329 e. The van der Waals surface area contributed by atoms with Crippen molar-refractivity contribution in [2.24, 2.45) is 0 Å². The Morgan fingerprint density at radius 2 is 1.67 bits per heavy atom. The van der Waals surface area contributed by atoms with Gasteiger partial charge in [0, 0.05) is 0 Å². The molecule has 4 heteroatoms. The van der Waals surface area contributed by atoms with E-state index in [4.69, 9.17) is 4.74 Å². The van der Waals surface area contributed by atoms with Gasteiger partial charge < -0.3 is 17.1 Å². The quantitative estimate of drug-likeness (QED) is 0.481. The first-order chi connectivity index (χ1) is 12.7. The first-order valence-electron chi connectivity index (χ1n) is 8.93. The second-order valence-electron chi connectivity index (χ2n) is 6.72. The van der Waals surface area contributed by atoms with E-state index in [-0.39, 0.29) is 12.4 Å². The molecule has 0 N–H and O–H groups in total. The largest absolute Gasteiger partial charge is 1.00 e. The first kappa shape index (κ1) is 19.0. The Hall–Kier alpha value is -2.78. The number of halogens is 1. The third kappa shape index (κ3) is 4.15. The second kappa shape index (κ2) is 8.28. The Labute approximate surface area is 166 Å². The third-order valence-electron chi connectivity index (χ3n) is 4.80. The van der Waals surface area contributed by atoms with Crippen molar-refractivity contribution in [1.29, 1.82) is 0 Å². The maximum atomic E-state index is 6.14. The predicted octanol–water partition coefficient (Wildman–Crippen LogP) is 1.47. The van der Waals surface area contributed by atoms with Crippen LogP contribution in [0, 0.1) is 13.8 Å². The van der Waals surface area contributed by atoms with Gasteiger partial charge in [0.1, 0.15) is 25.5 Å². The molecule has 0 atom stereocenters. The molecule has 0 bridgehead atoms. The molecule has 27 heavy (non-hydrogen) atoms. The molecule has 138 valence electrons. The van der Waals surface area contributed by atoms with Crippen LogP contribution in [0.15, 0.2) is 79.3 Å². The number of aromatic nitrogens is 2. The number of nitrogens with zero attached hydrogens (tertiary/aromatic N) is 2. The number of hydrogen-bond donors (Lipinski definition) is 0. The summed E-state index contributed by atoms with van der Waals surface area (Å²) in [5, 5.41) is 0. The minimum Gasteiger partial charge on any atom is -1.00 e. The molecule has 0 aliphatic carbocycles. The normalized spacial score (nSPS) is 10.6. The molecule has 0 radical (unpaired) electrons. The molecule has 4 rings (SSSR count). The summed E-state index contributed by atoms with van der Waals surface area (Å²) in [4.78, 5) is 0. The van der Waals surface area contributed by atoms with Gasteiger partial charge in [-0.2, -0.15) is 4.40 Å². The summed E-state index contributed by atoms with van der Waals surface area (Å²) >= 11 is 0. The minimum atomic E-state index is 0. The van der Waals surface area contributed by atoms with Gasteiger partial charge in [0.05, 0.1) is 6.20 Å². The van der Waals surface area contributed by atoms with Crippen molar-refractivity contribution >= 4 is 5.65 Å². The Kier molecular flexibility index (Phi) is 5.82. The summed E-state index contributed by atoms with van der Waals surface area (Å²) in [6.07, 6.45) is 6.24. The highest BCUT2D eigenvalue weighted by atomic mass is 35.5. The molecule has 2 heterocycles. The molecule has 0 aliphatic heterocycles. The van der Waals surface area contributed by atoms with E-state index in [1.54, 1.807) is 0 Å². The number of fused-ring (bicyclic) bond motifs is 1. The first-order valence-corrected chi connectivity index (χ1v) is 8.93. The highest BCUT2D eigenvalue weighted by Crippen LogP contribution is 2.19. The molecule has 4 aromatic rings. The van der Waals surface area contributed by atoms with E-state index >= 15 is 0 Å². The van der Waals surface area contributed by atoms with Crippen LogP contribution in [-0.2, 0) is 13.2 Å². The molecular formula is C23H23ClN2O. The van der Waals surface area contributed by atoms with Crippen molar-refractivity contribution in [2.75, 3.05) is 0 Å². The Balaban J connectivity index is 0.00000210. The molecule has 0 aliphatic rings. The van der Waals surface area contributed by atoms with Gasteiger partial charge in [-0.25, -0.2) is 4.57 Å². The van der Waals surface area contributed by atoms with Gasteiger partial charge in [-0.3, -0.25) is 0 Å². The van der Waals surface area contributed by atoms with Crippen LogP contribution in [0.1, 0.15) is 22.3 Å². The van der Waals surface area contributed by atoms with E-state index in [0.717, 1.165) is 17.9 Å². The number of benzene rings is 2. The number of imidazole rings is 1. The van der Waals surface area contributed by atoms with Crippen molar-refractivity contribution in [2.45, 2.75) is 27.0 Å². The van der Waals surface area contributed by atoms with Gasteiger partial charge in [-0.1, -0.05) is 48.5 Å². The van der Waals surface area contributed by atoms with Crippen LogP contribution in [0.3, 0.4) is 0 Å². The smallest absolute Gasteiger partial charge is 0.329 e. The van der Waals surface area contributed by atoms with Crippen LogP contribution in [0.2, 0.25) is 0 Å². The average Bonchev–Trinajstić information content (AvgIpc) is 3.07. The zero-order chi connectivity index (χ0) is 17.9. The molecule has 3 nitrogen and oxygen atoms in total. The summed E-state index contributed by atoms with van der Waals surface area (Å²) in [6, 6.07) is 21.0. The molecule has 2 aromatic carbocycles. The van der Waals surface area contributed by atoms with Crippen LogP contribution in [0.25, 0.3) is 5.65 Å². The third-order valence-corrected chi connectivity index (χ3v) is 4.80. The number of rotatable bonds is 5. The number of ether oxygens (including phenoxy) is 1. The number of pyridine rings is 1. The number of hydrogen-bond acceptors (Lipinski definition) is 1. The van der Waals surface area contributed by atoms with Gasteiger partial charge in [0.2, 0.25) is 5.75 Å². The minimum absolute atomic E-state index is 0. The van der Waals surface area contributed by atoms with E-state index in [2.05, 4.69) is 71.7 Å². The van der Waals surface area contributed by atoms with E-state index in [1.165, 1.54) is 22.3 Å². The highest BCUT2D eigenvalue weighted by Gasteiger charge is 2.16. The second-order valence-corrected chi connectivity index (χ2v) is 6.72. The molecule has 0 fully saturated rings. The molecule has 0 spiro atoms. The van der Waals surface area contributed by atoms with Crippen LogP contribution >= 0.6 is 0 Å². The molecular weight excluding hydrogens is 356 g/mol. The topological polar surface area (TPSA) is 17.5 Å². The van der Waals surface area contributed by atoms with Crippen LogP contribution in [0.4, 0.5) is 0 Å². The van der Waals surface area contributed by atoms with E-state index in [1.807, 2.05) is 30.3 Å². The summed E-state index contributed by atoms with van der Waals surface area (Å²) in [7, 11) is 0. The summed E-state index contributed by atoms with van der Waals surface area (Å²) in [6.45, 7) is 5.70. The van der Waals surface area contributed by atoms with E-state index < -0.39 is 0 Å². The highest BCUT2D eigenvalue weighted by molar-refractivity contribution is 5.49. The fourth-order valence-corrected chi connectivity index (χ4v) is 3.20. The Morgan fingerprint density at radius 1 is 0.852 bits per heavy atom. The molecule has 0 unspecified atom stereocenters. The van der Waals surface area contributed by atoms with Crippen LogP contribution in [0.5, 0.6) is 5.75 Å². The lowest BCUT2D eigenvalue weighted by molar-refractivity contribution is -0.662. The summed E-state index contributed by atoms with van der Waals surface area (Å²) in [5.41, 5.74) is 6.19. The molecule has 0 saturated carbocycles. The van der Waals surface area contributed by atoms with Gasteiger partial charge in [0.25, 0.3) is 0 Å². The maximum absolute atomic E-state index is 6.14. The van der Waals surface area contributed by atoms with Gasteiger partial charge in [0.15, 0.2) is 0 Å². The van der Waals surface area contributed by atoms with Crippen molar-refractivity contribution in [3.63, 3.8) is 0 Å². The lowest BCUT2D eigenvalue weighted by Crippen LogP contribution is -3.00. The SMILES string of the molecule is Cc1ccc(C[n+]2ccn3cccc(OCc4ccccc4)c32)cc1C.[Cl-]. The lowest BCUT2D eigenvalue weighted by Gasteiger charge is -2.07. The summed E-state index contributed by atoms with van der Waals surface area (Å²) in [5.74, 6) is 0.894. The zero-order valence-electron chi connectivity index (χ0n) is 15.6. The van der Waals surface area contributed by atoms with Crippen LogP contribution in [-0.4, -0.2) is 4.40 Å². The van der Waals surface area contributed by atoms with Crippen molar-refractivity contribution in [3.8, 4) is 5.75 Å². The lowest BCUT2D eigenvalue weighted by atomic mass is 10.1. The Morgan fingerprint density at radius 3 is 2.44 bits per heavy atom. The predicted molar refractivity (Wildman–Crippen MR) is 103 cm³/mol. The fraction of sp³-hybridized carbons (Fsp3) is 0.174. The number of aryl methyl sites for hydroxylation is 2. The monoisotopic (exact) mass is 378 g/mol. The van der Waals surface area contributed by atoms with Gasteiger partial charge in [-0.05, 0) is 48.2 Å². The van der Waals surface area contributed by atoms with Crippen molar-refractivity contribution < 1.29 is 21.7 Å². The zero-order valence-corrected chi connectivity index (χ0v) is 16.4. The van der Waals surface area contributed by atoms with Crippen molar-refractivity contribution in [3.05, 3.63) is 102 Å². The van der Waals surface area contributed by atoms with E-state index in [0.29, 0.717) is 6.61 Å². The van der Waals surface area contributed by atoms with Crippen LogP contribution < -0.4 is 21.7 Å². The summed E-state index contributed by atoms with van der Waals surface area (Å²) < 4.78 is 10.5. The van der Waals surface area contributed by atoms with Gasteiger partial charge in [-0.15, -0.1) is 0 Å². The molecule has 2 aromatic heterocycles. The van der Waals surface area contributed by atoms with Gasteiger partial charge >= 0.3 is 5.65 Å². The molecule has 0 saturated heterocycles. The standard InChI is InChI=1S/C23H23N2O.ClH/c1-18-10-11-21(15-19(18)2)16-25-14-13-24-12-6-9-22(23(24)25)26-17-20-7-4-3-5-8-20;/h3-15H,16-17H2,1-2H3;1H/q+1;/p-1.